The minimum atomic E-state index is 0.236. The van der Waals surface area contributed by atoms with Crippen molar-refractivity contribution >= 4 is 5.69 Å². The van der Waals surface area contributed by atoms with Crippen LogP contribution in [0.4, 0.5) is 5.69 Å². The number of hydrogen-bond donors (Lipinski definition) is 1. The van der Waals surface area contributed by atoms with Crippen molar-refractivity contribution in [3.63, 3.8) is 0 Å². The zero-order valence-electron chi connectivity index (χ0n) is 12.8. The van der Waals surface area contributed by atoms with Crippen molar-refractivity contribution in [3.05, 3.63) is 29.8 Å². The quantitative estimate of drug-likeness (QED) is 0.911. The molecule has 0 aliphatic heterocycles. The average Bonchev–Trinajstić information content (AvgIpc) is 2.45. The molecular formula is C17H25N3. The Labute approximate surface area is 122 Å². The lowest BCUT2D eigenvalue weighted by atomic mass is 9.75. The topological polar surface area (TPSA) is 39.1 Å². The molecule has 0 saturated heterocycles. The second-order valence-corrected chi connectivity index (χ2v) is 6.37. The Bertz CT molecular complexity index is 489. The van der Waals surface area contributed by atoms with E-state index in [2.05, 4.69) is 37.3 Å². The van der Waals surface area contributed by atoms with Crippen LogP contribution in [0.1, 0.15) is 38.2 Å². The molecule has 2 unspecified atom stereocenters. The molecule has 1 aromatic carbocycles. The molecule has 3 heteroatoms. The van der Waals surface area contributed by atoms with Crippen LogP contribution in [0.5, 0.6) is 0 Å². The number of rotatable bonds is 4. The maximum atomic E-state index is 8.97. The molecule has 0 radical (unpaired) electrons. The van der Waals surface area contributed by atoms with E-state index in [9.17, 15) is 0 Å². The first-order chi connectivity index (χ1) is 9.55. The molecular weight excluding hydrogens is 246 g/mol. The van der Waals surface area contributed by atoms with E-state index in [1.54, 1.807) is 0 Å². The van der Waals surface area contributed by atoms with E-state index in [0.29, 0.717) is 5.56 Å². The molecule has 1 fully saturated rings. The maximum Gasteiger partial charge on any atom is 0.0992 e. The fraction of sp³-hybridized carbons (Fsp3) is 0.588. The molecule has 2 atom stereocenters. The Morgan fingerprint density at radius 3 is 2.90 bits per heavy atom. The Morgan fingerprint density at radius 2 is 2.25 bits per heavy atom. The summed E-state index contributed by atoms with van der Waals surface area (Å²) in [5, 5.41) is 12.5. The zero-order chi connectivity index (χ0) is 14.6. The van der Waals surface area contributed by atoms with Gasteiger partial charge in [0.1, 0.15) is 0 Å². The van der Waals surface area contributed by atoms with Gasteiger partial charge in [0.2, 0.25) is 0 Å². The Hall–Kier alpha value is -1.53. The third-order valence-corrected chi connectivity index (χ3v) is 4.63. The van der Waals surface area contributed by atoms with Gasteiger partial charge in [-0.25, -0.2) is 0 Å². The molecule has 0 amide bonds. The van der Waals surface area contributed by atoms with Gasteiger partial charge in [-0.15, -0.1) is 0 Å². The number of likely N-dealkylation sites (N-methyl/N-ethyl adjacent to an activating group) is 1. The molecule has 1 aliphatic carbocycles. The second-order valence-electron chi connectivity index (χ2n) is 6.37. The summed E-state index contributed by atoms with van der Waals surface area (Å²) in [7, 11) is 4.37. The number of hydrogen-bond acceptors (Lipinski definition) is 3. The zero-order valence-corrected chi connectivity index (χ0v) is 12.8. The molecule has 1 N–H and O–H groups in total. The first-order valence-corrected chi connectivity index (χ1v) is 7.47. The summed E-state index contributed by atoms with van der Waals surface area (Å²) in [5.41, 5.74) is 2.00. The summed E-state index contributed by atoms with van der Waals surface area (Å²) in [6.45, 7) is 3.30. The van der Waals surface area contributed by atoms with Crippen LogP contribution in [0.2, 0.25) is 0 Å². The van der Waals surface area contributed by atoms with E-state index >= 15 is 0 Å². The summed E-state index contributed by atoms with van der Waals surface area (Å²) in [5.74, 6) is 0.790. The van der Waals surface area contributed by atoms with Crippen LogP contribution < -0.4 is 5.32 Å². The molecule has 0 bridgehead atoms. The van der Waals surface area contributed by atoms with Crippen LogP contribution in [-0.2, 0) is 0 Å². The number of nitrogens with zero attached hydrogens (tertiary/aromatic N) is 2. The van der Waals surface area contributed by atoms with E-state index < -0.39 is 0 Å². The van der Waals surface area contributed by atoms with Gasteiger partial charge in [-0.3, -0.25) is 0 Å². The normalized spacial score (nSPS) is 26.2. The van der Waals surface area contributed by atoms with Gasteiger partial charge >= 0.3 is 0 Å². The predicted octanol–water partition coefficient (Wildman–Crippen LogP) is 3.48. The Morgan fingerprint density at radius 1 is 1.45 bits per heavy atom. The van der Waals surface area contributed by atoms with Crippen molar-refractivity contribution in [3.8, 4) is 6.07 Å². The van der Waals surface area contributed by atoms with Crippen LogP contribution in [0, 0.1) is 17.2 Å². The second kappa shape index (κ2) is 6.28. The standard InChI is InChI=1S/C17H25N3/c1-14-6-5-9-17(11-14,20(2)3)13-19-16-8-4-7-15(10-16)12-18/h4,7-8,10,14,19H,5-6,9,11,13H2,1-3H3. The van der Waals surface area contributed by atoms with Crippen molar-refractivity contribution < 1.29 is 0 Å². The first kappa shape index (κ1) is 14.9. The van der Waals surface area contributed by atoms with E-state index in [4.69, 9.17) is 5.26 Å². The SMILES string of the molecule is CC1CCCC(CNc2cccc(C#N)c2)(N(C)C)C1. The molecule has 1 saturated carbocycles. The third-order valence-electron chi connectivity index (χ3n) is 4.63. The first-order valence-electron chi connectivity index (χ1n) is 7.47. The van der Waals surface area contributed by atoms with E-state index in [1.165, 1.54) is 25.7 Å². The van der Waals surface area contributed by atoms with Crippen molar-refractivity contribution in [1.29, 1.82) is 5.26 Å². The number of anilines is 1. The lowest BCUT2D eigenvalue weighted by molar-refractivity contribution is 0.0882. The monoisotopic (exact) mass is 271 g/mol. The van der Waals surface area contributed by atoms with Crippen molar-refractivity contribution in [2.24, 2.45) is 5.92 Å². The molecule has 1 aliphatic rings. The lowest BCUT2D eigenvalue weighted by Gasteiger charge is -2.45. The Balaban J connectivity index is 2.07. The van der Waals surface area contributed by atoms with Gasteiger partial charge in [-0.05, 0) is 51.1 Å². The van der Waals surface area contributed by atoms with Crippen LogP contribution in [0.15, 0.2) is 24.3 Å². The maximum absolute atomic E-state index is 8.97. The number of nitrogens with one attached hydrogen (secondary N) is 1. The molecule has 0 aromatic heterocycles. The van der Waals surface area contributed by atoms with Crippen molar-refractivity contribution in [1.82, 2.24) is 4.90 Å². The summed E-state index contributed by atoms with van der Waals surface area (Å²) in [6.07, 6.45) is 5.14. The molecule has 2 rings (SSSR count). The molecule has 0 spiro atoms. The fourth-order valence-corrected chi connectivity index (χ4v) is 3.32. The van der Waals surface area contributed by atoms with Crippen molar-refractivity contribution in [2.45, 2.75) is 38.1 Å². The van der Waals surface area contributed by atoms with Gasteiger partial charge < -0.3 is 10.2 Å². The van der Waals surface area contributed by atoms with E-state index in [0.717, 1.165) is 18.2 Å². The molecule has 20 heavy (non-hydrogen) atoms. The van der Waals surface area contributed by atoms with Crippen molar-refractivity contribution in [2.75, 3.05) is 26.0 Å². The van der Waals surface area contributed by atoms with Gasteiger partial charge in [-0.2, -0.15) is 5.26 Å². The highest BCUT2D eigenvalue weighted by Gasteiger charge is 2.36. The highest BCUT2D eigenvalue weighted by Crippen LogP contribution is 2.35. The van der Waals surface area contributed by atoms with E-state index in [1.807, 2.05) is 24.3 Å². The number of benzene rings is 1. The van der Waals surface area contributed by atoms with Crippen LogP contribution in [0.3, 0.4) is 0 Å². The van der Waals surface area contributed by atoms with Crippen LogP contribution in [0.25, 0.3) is 0 Å². The van der Waals surface area contributed by atoms with Gasteiger partial charge in [0, 0.05) is 17.8 Å². The summed E-state index contributed by atoms with van der Waals surface area (Å²) < 4.78 is 0. The highest BCUT2D eigenvalue weighted by atomic mass is 15.2. The highest BCUT2D eigenvalue weighted by molar-refractivity contribution is 5.49. The minimum Gasteiger partial charge on any atom is -0.383 e. The fourth-order valence-electron chi connectivity index (χ4n) is 3.32. The average molecular weight is 271 g/mol. The summed E-state index contributed by atoms with van der Waals surface area (Å²) in [4.78, 5) is 2.38. The smallest absolute Gasteiger partial charge is 0.0992 e. The van der Waals surface area contributed by atoms with Crippen LogP contribution >= 0.6 is 0 Å². The predicted molar refractivity (Wildman–Crippen MR) is 83.7 cm³/mol. The van der Waals surface area contributed by atoms with Crippen LogP contribution in [-0.4, -0.2) is 31.1 Å². The Kier molecular flexibility index (Phi) is 4.67. The van der Waals surface area contributed by atoms with Gasteiger partial charge in [-0.1, -0.05) is 25.8 Å². The summed E-state index contributed by atoms with van der Waals surface area (Å²) in [6, 6.07) is 9.94. The van der Waals surface area contributed by atoms with Gasteiger partial charge in [0.25, 0.3) is 0 Å². The molecule has 108 valence electrons. The number of nitriles is 1. The summed E-state index contributed by atoms with van der Waals surface area (Å²) >= 11 is 0. The van der Waals surface area contributed by atoms with Gasteiger partial charge in [0.15, 0.2) is 0 Å². The minimum absolute atomic E-state index is 0.236. The van der Waals surface area contributed by atoms with E-state index in [-0.39, 0.29) is 5.54 Å². The van der Waals surface area contributed by atoms with Gasteiger partial charge in [0.05, 0.1) is 11.6 Å². The molecule has 3 nitrogen and oxygen atoms in total. The molecule has 1 aromatic rings. The lowest BCUT2D eigenvalue weighted by Crippen LogP contribution is -2.52. The molecule has 0 heterocycles. The largest absolute Gasteiger partial charge is 0.383 e. The third kappa shape index (κ3) is 3.32.